The Kier molecular flexibility index (Phi) is 2.63. The van der Waals surface area contributed by atoms with Crippen molar-refractivity contribution in [2.24, 2.45) is 17.8 Å². The summed E-state index contributed by atoms with van der Waals surface area (Å²) in [7, 11) is 3.27. The van der Waals surface area contributed by atoms with Crippen molar-refractivity contribution >= 4 is 11.8 Å². The van der Waals surface area contributed by atoms with Gasteiger partial charge in [-0.3, -0.25) is 14.5 Å². The lowest BCUT2D eigenvalue weighted by Crippen LogP contribution is -2.35. The van der Waals surface area contributed by atoms with E-state index in [2.05, 4.69) is 12.2 Å². The summed E-state index contributed by atoms with van der Waals surface area (Å²) >= 11 is 0. The zero-order valence-corrected chi connectivity index (χ0v) is 10.6. The molecular weight excluding hydrogens is 230 g/mol. The third kappa shape index (κ3) is 1.48. The molecule has 2 aliphatic carbocycles. The summed E-state index contributed by atoms with van der Waals surface area (Å²) in [5.41, 5.74) is 1.20. The van der Waals surface area contributed by atoms with E-state index in [1.807, 2.05) is 6.08 Å². The Hall–Kier alpha value is -1.42. The maximum atomic E-state index is 12.2. The predicted molar refractivity (Wildman–Crippen MR) is 65.5 cm³/mol. The molecule has 0 aromatic carbocycles. The first kappa shape index (κ1) is 11.7. The normalized spacial score (nSPS) is 38.6. The van der Waals surface area contributed by atoms with Gasteiger partial charge in [-0.15, -0.1) is 0 Å². The Labute approximate surface area is 106 Å². The van der Waals surface area contributed by atoms with E-state index in [0.717, 1.165) is 6.42 Å². The van der Waals surface area contributed by atoms with Gasteiger partial charge in [-0.05, 0) is 24.3 Å². The molecule has 0 unspecified atom stereocenters. The van der Waals surface area contributed by atoms with Crippen LogP contribution < -0.4 is 0 Å². The standard InChI is InChI=1S/C14H17NO3/c1-15-13(16)10-6-4-8-3-5-9(18-2)7-11(8)12(10)14(15)17/h3-5,9-12H,6-7H2,1-2H3/t9-,10-,11+,12-/m1/s1. The number of allylic oxidation sites excluding steroid dienone is 3. The van der Waals surface area contributed by atoms with Gasteiger partial charge in [0.1, 0.15) is 0 Å². The maximum absolute atomic E-state index is 12.2. The highest BCUT2D eigenvalue weighted by Gasteiger charge is 2.51. The molecule has 0 aromatic rings. The molecule has 3 aliphatic rings. The number of hydrogen-bond donors (Lipinski definition) is 0. The number of amides is 2. The molecule has 1 saturated heterocycles. The molecule has 96 valence electrons. The van der Waals surface area contributed by atoms with Gasteiger partial charge < -0.3 is 4.74 Å². The van der Waals surface area contributed by atoms with Gasteiger partial charge in [0.05, 0.1) is 17.9 Å². The van der Waals surface area contributed by atoms with Gasteiger partial charge in [0, 0.05) is 14.2 Å². The largest absolute Gasteiger partial charge is 0.377 e. The fraction of sp³-hybridized carbons (Fsp3) is 0.571. The van der Waals surface area contributed by atoms with E-state index in [-0.39, 0.29) is 35.7 Å². The molecule has 4 heteroatoms. The number of carbonyl (C=O) groups excluding carboxylic acids is 2. The Morgan fingerprint density at radius 2 is 2.06 bits per heavy atom. The number of hydrogen-bond acceptors (Lipinski definition) is 3. The van der Waals surface area contributed by atoms with Crippen molar-refractivity contribution in [1.82, 2.24) is 4.90 Å². The average molecular weight is 247 g/mol. The monoisotopic (exact) mass is 247 g/mol. The molecule has 1 fully saturated rings. The van der Waals surface area contributed by atoms with Crippen LogP contribution in [0.3, 0.4) is 0 Å². The number of carbonyl (C=O) groups is 2. The van der Waals surface area contributed by atoms with Crippen molar-refractivity contribution in [3.8, 4) is 0 Å². The van der Waals surface area contributed by atoms with Crippen LogP contribution in [0.5, 0.6) is 0 Å². The van der Waals surface area contributed by atoms with E-state index in [9.17, 15) is 9.59 Å². The topological polar surface area (TPSA) is 46.6 Å². The quantitative estimate of drug-likeness (QED) is 0.653. The lowest BCUT2D eigenvalue weighted by Gasteiger charge is -2.34. The second kappa shape index (κ2) is 4.05. The molecule has 3 rings (SSSR count). The van der Waals surface area contributed by atoms with Gasteiger partial charge in [0.2, 0.25) is 11.8 Å². The Morgan fingerprint density at radius 3 is 2.78 bits per heavy atom. The minimum absolute atomic E-state index is 0.0225. The van der Waals surface area contributed by atoms with Gasteiger partial charge in [-0.2, -0.15) is 0 Å². The van der Waals surface area contributed by atoms with E-state index >= 15 is 0 Å². The summed E-state index contributed by atoms with van der Waals surface area (Å²) in [6.45, 7) is 0. The molecule has 0 N–H and O–H groups in total. The zero-order valence-electron chi connectivity index (χ0n) is 10.6. The molecule has 0 aromatic heterocycles. The van der Waals surface area contributed by atoms with Gasteiger partial charge in [-0.1, -0.05) is 18.2 Å². The Balaban J connectivity index is 1.96. The van der Waals surface area contributed by atoms with Crippen LogP contribution in [-0.2, 0) is 14.3 Å². The van der Waals surface area contributed by atoms with Gasteiger partial charge >= 0.3 is 0 Å². The third-order valence-corrected chi connectivity index (χ3v) is 4.46. The van der Waals surface area contributed by atoms with Crippen LogP contribution in [-0.4, -0.2) is 37.0 Å². The summed E-state index contributed by atoms with van der Waals surface area (Å²) in [6, 6.07) is 0. The first-order valence-corrected chi connectivity index (χ1v) is 6.36. The second-order valence-corrected chi connectivity index (χ2v) is 5.28. The minimum Gasteiger partial charge on any atom is -0.377 e. The molecule has 0 saturated carbocycles. The number of fused-ring (bicyclic) bond motifs is 3. The number of ether oxygens (including phenoxy) is 1. The highest BCUT2D eigenvalue weighted by molar-refractivity contribution is 6.05. The first-order chi connectivity index (χ1) is 8.63. The lowest BCUT2D eigenvalue weighted by atomic mass is 9.69. The van der Waals surface area contributed by atoms with Crippen LogP contribution in [0.2, 0.25) is 0 Å². The van der Waals surface area contributed by atoms with Crippen molar-refractivity contribution in [1.29, 1.82) is 0 Å². The third-order valence-electron chi connectivity index (χ3n) is 4.46. The molecule has 0 radical (unpaired) electrons. The summed E-state index contributed by atoms with van der Waals surface area (Å²) < 4.78 is 5.35. The minimum atomic E-state index is -0.176. The average Bonchev–Trinajstić information content (AvgIpc) is 2.63. The van der Waals surface area contributed by atoms with Crippen LogP contribution in [0.1, 0.15) is 12.8 Å². The van der Waals surface area contributed by atoms with E-state index in [1.165, 1.54) is 10.5 Å². The van der Waals surface area contributed by atoms with Crippen LogP contribution in [0, 0.1) is 17.8 Å². The summed E-state index contributed by atoms with van der Waals surface area (Å²) in [6.07, 6.45) is 7.74. The Morgan fingerprint density at radius 1 is 1.28 bits per heavy atom. The van der Waals surface area contributed by atoms with Crippen molar-refractivity contribution in [2.45, 2.75) is 18.9 Å². The van der Waals surface area contributed by atoms with E-state index in [0.29, 0.717) is 6.42 Å². The number of rotatable bonds is 1. The number of imide groups is 1. The molecule has 2 amide bonds. The number of methoxy groups -OCH3 is 1. The SMILES string of the molecule is CO[C@@H]1C=CC2=CC[C@H]3C(=O)N(C)C(=O)[C@H]3[C@H]2C1. The van der Waals surface area contributed by atoms with Crippen LogP contribution in [0.4, 0.5) is 0 Å². The fourth-order valence-electron chi connectivity index (χ4n) is 3.42. The maximum Gasteiger partial charge on any atom is 0.233 e. The smallest absolute Gasteiger partial charge is 0.233 e. The first-order valence-electron chi connectivity index (χ1n) is 6.36. The van der Waals surface area contributed by atoms with Crippen LogP contribution in [0.15, 0.2) is 23.8 Å². The number of likely N-dealkylation sites (tertiary alicyclic amines) is 1. The fourth-order valence-corrected chi connectivity index (χ4v) is 3.42. The number of nitrogens with zero attached hydrogens (tertiary/aromatic N) is 1. The molecule has 4 atom stereocenters. The van der Waals surface area contributed by atoms with Crippen LogP contribution in [0.25, 0.3) is 0 Å². The highest BCUT2D eigenvalue weighted by atomic mass is 16.5. The van der Waals surface area contributed by atoms with E-state index < -0.39 is 0 Å². The molecule has 4 nitrogen and oxygen atoms in total. The van der Waals surface area contributed by atoms with Gasteiger partial charge in [0.15, 0.2) is 0 Å². The summed E-state index contributed by atoms with van der Waals surface area (Å²) in [5, 5.41) is 0. The van der Waals surface area contributed by atoms with Gasteiger partial charge in [0.25, 0.3) is 0 Å². The molecule has 18 heavy (non-hydrogen) atoms. The molecule has 1 aliphatic heterocycles. The highest BCUT2D eigenvalue weighted by Crippen LogP contribution is 2.45. The van der Waals surface area contributed by atoms with E-state index in [4.69, 9.17) is 4.74 Å². The molecule has 1 heterocycles. The predicted octanol–water partition coefficient (Wildman–Crippen LogP) is 1.14. The summed E-state index contributed by atoms with van der Waals surface area (Å²) in [4.78, 5) is 25.5. The van der Waals surface area contributed by atoms with E-state index in [1.54, 1.807) is 14.2 Å². The summed E-state index contributed by atoms with van der Waals surface area (Å²) in [5.74, 6) is -0.236. The van der Waals surface area contributed by atoms with Crippen molar-refractivity contribution in [3.05, 3.63) is 23.8 Å². The zero-order chi connectivity index (χ0) is 12.9. The molecular formula is C14H17NO3. The second-order valence-electron chi connectivity index (χ2n) is 5.28. The van der Waals surface area contributed by atoms with Crippen molar-refractivity contribution in [3.63, 3.8) is 0 Å². The van der Waals surface area contributed by atoms with Gasteiger partial charge in [-0.25, -0.2) is 0 Å². The molecule has 0 bridgehead atoms. The molecule has 0 spiro atoms. The van der Waals surface area contributed by atoms with Crippen molar-refractivity contribution < 1.29 is 14.3 Å². The van der Waals surface area contributed by atoms with Crippen molar-refractivity contribution in [2.75, 3.05) is 14.2 Å². The Bertz CT molecular complexity index is 466. The van der Waals surface area contributed by atoms with Crippen LogP contribution >= 0.6 is 0 Å². The lowest BCUT2D eigenvalue weighted by molar-refractivity contribution is -0.138.